The predicted molar refractivity (Wildman–Crippen MR) is 135 cm³/mol. The molecule has 1 spiro atoms. The fourth-order valence-corrected chi connectivity index (χ4v) is 6.43. The molecule has 0 radical (unpaired) electrons. The van der Waals surface area contributed by atoms with Crippen LogP contribution in [0.2, 0.25) is 0 Å². The number of likely N-dealkylation sites (tertiary alicyclic amines) is 1. The van der Waals surface area contributed by atoms with Crippen LogP contribution in [0.3, 0.4) is 0 Å². The number of benzene rings is 1. The van der Waals surface area contributed by atoms with Gasteiger partial charge in [0, 0.05) is 24.5 Å². The third-order valence-corrected chi connectivity index (χ3v) is 8.12. The normalized spacial score (nSPS) is 29.4. The van der Waals surface area contributed by atoms with Crippen molar-refractivity contribution in [2.45, 2.75) is 71.2 Å². The maximum absolute atomic E-state index is 13.9. The third kappa shape index (κ3) is 4.16. The minimum absolute atomic E-state index is 0.101. The highest BCUT2D eigenvalue weighted by molar-refractivity contribution is 6.03. The number of amides is 2. The zero-order valence-electron chi connectivity index (χ0n) is 21.9. The maximum atomic E-state index is 13.9. The molecule has 6 atom stereocenters. The molecule has 2 N–H and O–H groups in total. The Labute approximate surface area is 213 Å². The Bertz CT molecular complexity index is 978. The average molecular weight is 502 g/mol. The molecule has 9 heteroatoms. The summed E-state index contributed by atoms with van der Waals surface area (Å²) in [7, 11) is 0. The van der Waals surface area contributed by atoms with Crippen LogP contribution < -0.4 is 10.2 Å². The number of carbonyl (C=O) groups is 3. The van der Waals surface area contributed by atoms with Crippen LogP contribution in [0.5, 0.6) is 0 Å². The number of rotatable bonds is 10. The number of aliphatic hydroxyl groups is 1. The lowest BCUT2D eigenvalue weighted by Crippen LogP contribution is -2.57. The summed E-state index contributed by atoms with van der Waals surface area (Å²) >= 11 is 0. The molecular weight excluding hydrogens is 462 g/mol. The van der Waals surface area contributed by atoms with Crippen LogP contribution in [0.4, 0.5) is 11.4 Å². The molecule has 4 rings (SSSR count). The van der Waals surface area contributed by atoms with Crippen LogP contribution in [0.1, 0.15) is 47.5 Å². The van der Waals surface area contributed by atoms with Gasteiger partial charge in [-0.15, -0.1) is 0 Å². The van der Waals surface area contributed by atoms with Crippen molar-refractivity contribution >= 4 is 29.2 Å². The summed E-state index contributed by atoms with van der Waals surface area (Å²) in [6, 6.07) is 6.08. The number of nitrogens with zero attached hydrogens (tertiary/aromatic N) is 2. The molecule has 3 fully saturated rings. The summed E-state index contributed by atoms with van der Waals surface area (Å²) in [5.74, 6) is -2.79. The molecule has 2 amide bonds. The minimum atomic E-state index is -1.12. The second kappa shape index (κ2) is 10.4. The summed E-state index contributed by atoms with van der Waals surface area (Å²) in [6.45, 7) is 11.4. The van der Waals surface area contributed by atoms with Crippen LogP contribution in [0, 0.1) is 17.8 Å². The molecule has 3 heterocycles. The molecule has 3 aliphatic heterocycles. The number of hydrogen-bond acceptors (Lipinski definition) is 7. The van der Waals surface area contributed by atoms with Gasteiger partial charge in [0.1, 0.15) is 11.6 Å². The largest absolute Gasteiger partial charge is 0.466 e. The molecule has 1 aromatic rings. The number of ether oxygens (including phenoxy) is 2. The van der Waals surface area contributed by atoms with Crippen molar-refractivity contribution in [2.24, 2.45) is 17.8 Å². The first-order valence-electron chi connectivity index (χ1n) is 13.2. The Kier molecular flexibility index (Phi) is 7.61. The van der Waals surface area contributed by atoms with Gasteiger partial charge in [-0.1, -0.05) is 13.8 Å². The Morgan fingerprint density at radius 3 is 2.44 bits per heavy atom. The first-order chi connectivity index (χ1) is 17.2. The molecular formula is C27H39N3O6. The van der Waals surface area contributed by atoms with Gasteiger partial charge in [-0.2, -0.15) is 0 Å². The minimum Gasteiger partial charge on any atom is -0.466 e. The van der Waals surface area contributed by atoms with Gasteiger partial charge >= 0.3 is 5.97 Å². The van der Waals surface area contributed by atoms with E-state index in [0.717, 1.165) is 18.8 Å². The van der Waals surface area contributed by atoms with E-state index in [1.165, 1.54) is 4.90 Å². The van der Waals surface area contributed by atoms with Crippen molar-refractivity contribution in [3.63, 3.8) is 0 Å². The standard InChI is InChI=1S/C27H39N3O6/c1-6-29(7-2)18-11-9-17(10-12-18)28-24(32)23-27-14-13-20(36-27)21(26(34)35-8-3)22(27)25(33)30(23)19(15-31)16(4)5/h9-12,16,19-23,31H,6-8,13-15H2,1-5H3,(H,28,32)/t19-,20-,21+,22+,23-,27+/m0/s1. The molecule has 2 bridgehead atoms. The number of aliphatic hydroxyl groups excluding tert-OH is 1. The predicted octanol–water partition coefficient (Wildman–Crippen LogP) is 2.43. The summed E-state index contributed by atoms with van der Waals surface area (Å²) in [5.41, 5.74) is 0.555. The van der Waals surface area contributed by atoms with Gasteiger partial charge in [-0.25, -0.2) is 0 Å². The summed E-state index contributed by atoms with van der Waals surface area (Å²) in [4.78, 5) is 44.3. The lowest BCUT2D eigenvalue weighted by molar-refractivity contribution is -0.155. The Morgan fingerprint density at radius 2 is 1.89 bits per heavy atom. The molecule has 3 saturated heterocycles. The number of anilines is 2. The summed E-state index contributed by atoms with van der Waals surface area (Å²) < 4.78 is 11.7. The van der Waals surface area contributed by atoms with Crippen LogP contribution in [-0.4, -0.2) is 77.9 Å². The van der Waals surface area contributed by atoms with E-state index in [2.05, 4.69) is 24.1 Å². The van der Waals surface area contributed by atoms with Crippen LogP contribution >= 0.6 is 0 Å². The van der Waals surface area contributed by atoms with E-state index < -0.39 is 41.6 Å². The molecule has 36 heavy (non-hydrogen) atoms. The highest BCUT2D eigenvalue weighted by Gasteiger charge is 2.75. The fraction of sp³-hybridized carbons (Fsp3) is 0.667. The van der Waals surface area contributed by atoms with Gasteiger partial charge in [0.05, 0.1) is 37.2 Å². The van der Waals surface area contributed by atoms with Gasteiger partial charge in [-0.3, -0.25) is 14.4 Å². The van der Waals surface area contributed by atoms with Gasteiger partial charge in [0.2, 0.25) is 11.8 Å². The Hall–Kier alpha value is -2.65. The van der Waals surface area contributed by atoms with Crippen molar-refractivity contribution in [1.29, 1.82) is 0 Å². The van der Waals surface area contributed by atoms with E-state index in [1.807, 2.05) is 38.1 Å². The lowest BCUT2D eigenvalue weighted by Gasteiger charge is -2.38. The molecule has 0 saturated carbocycles. The van der Waals surface area contributed by atoms with E-state index in [1.54, 1.807) is 6.92 Å². The van der Waals surface area contributed by atoms with E-state index >= 15 is 0 Å². The third-order valence-electron chi connectivity index (χ3n) is 8.12. The summed E-state index contributed by atoms with van der Waals surface area (Å²) in [6.07, 6.45) is 0.625. The van der Waals surface area contributed by atoms with E-state index in [0.29, 0.717) is 18.5 Å². The Balaban J connectivity index is 1.68. The first kappa shape index (κ1) is 26.4. The average Bonchev–Trinajstić information content (AvgIpc) is 3.49. The van der Waals surface area contributed by atoms with Crippen molar-refractivity contribution in [1.82, 2.24) is 4.90 Å². The number of carbonyl (C=O) groups excluding carboxylic acids is 3. The molecule has 3 aliphatic rings. The van der Waals surface area contributed by atoms with Crippen LogP contribution in [0.25, 0.3) is 0 Å². The number of nitrogens with one attached hydrogen (secondary N) is 1. The molecule has 0 aromatic heterocycles. The van der Waals surface area contributed by atoms with Gasteiger partial charge < -0.3 is 29.7 Å². The van der Waals surface area contributed by atoms with E-state index in [9.17, 15) is 19.5 Å². The zero-order valence-corrected chi connectivity index (χ0v) is 21.9. The number of fused-ring (bicyclic) bond motifs is 1. The second-order valence-corrected chi connectivity index (χ2v) is 10.3. The van der Waals surface area contributed by atoms with Crippen molar-refractivity contribution in [3.05, 3.63) is 24.3 Å². The highest BCUT2D eigenvalue weighted by atomic mass is 16.6. The van der Waals surface area contributed by atoms with Crippen molar-refractivity contribution in [2.75, 3.05) is 36.5 Å². The molecule has 0 aliphatic carbocycles. The number of esters is 1. The molecule has 198 valence electrons. The maximum Gasteiger partial charge on any atom is 0.312 e. The van der Waals surface area contributed by atoms with Crippen LogP contribution in [-0.2, 0) is 23.9 Å². The smallest absolute Gasteiger partial charge is 0.312 e. The fourth-order valence-electron chi connectivity index (χ4n) is 6.43. The van der Waals surface area contributed by atoms with E-state index in [-0.39, 0.29) is 30.9 Å². The second-order valence-electron chi connectivity index (χ2n) is 10.3. The van der Waals surface area contributed by atoms with Gasteiger partial charge in [0.25, 0.3) is 0 Å². The topological polar surface area (TPSA) is 108 Å². The molecule has 9 nitrogen and oxygen atoms in total. The van der Waals surface area contributed by atoms with Gasteiger partial charge in [-0.05, 0) is 63.8 Å². The molecule has 1 aromatic carbocycles. The summed E-state index contributed by atoms with van der Waals surface area (Å²) in [5, 5.41) is 13.2. The zero-order chi connectivity index (χ0) is 26.2. The molecule has 0 unspecified atom stereocenters. The van der Waals surface area contributed by atoms with Crippen molar-refractivity contribution in [3.8, 4) is 0 Å². The van der Waals surface area contributed by atoms with Crippen LogP contribution in [0.15, 0.2) is 24.3 Å². The lowest BCUT2D eigenvalue weighted by atomic mass is 9.70. The SMILES string of the molecule is CCOC(=O)[C@@H]1[C@@H]2CC[C@]3(O2)[C@H](C(=O)Nc2ccc(N(CC)CC)cc2)N([C@@H](CO)C(C)C)C(=O)[C@@H]13. The van der Waals surface area contributed by atoms with E-state index in [4.69, 9.17) is 9.47 Å². The highest BCUT2D eigenvalue weighted by Crippen LogP contribution is 2.59. The number of hydrogen-bond donors (Lipinski definition) is 2. The quantitative estimate of drug-likeness (QED) is 0.474. The van der Waals surface area contributed by atoms with Gasteiger partial charge in [0.15, 0.2) is 0 Å². The first-order valence-corrected chi connectivity index (χ1v) is 13.2. The Morgan fingerprint density at radius 1 is 1.22 bits per heavy atom. The monoisotopic (exact) mass is 501 g/mol. The van der Waals surface area contributed by atoms with Crippen molar-refractivity contribution < 1.29 is 29.0 Å².